The summed E-state index contributed by atoms with van der Waals surface area (Å²) in [7, 11) is -3.38. The minimum absolute atomic E-state index is 0.139. The van der Waals surface area contributed by atoms with E-state index in [1.54, 1.807) is 12.1 Å². The number of nitrogens with two attached hydrogens (primary N) is 1. The summed E-state index contributed by atoms with van der Waals surface area (Å²) in [6.07, 6.45) is 2.60. The Bertz CT molecular complexity index is 450. The number of nitrogens with one attached hydrogen (secondary N) is 1. The molecule has 1 atom stereocenters. The number of hydrogen-bond acceptors (Lipinski definition) is 3. The zero-order chi connectivity index (χ0) is 13.6. The molecule has 0 aliphatic rings. The van der Waals surface area contributed by atoms with Gasteiger partial charge >= 0.3 is 0 Å². The van der Waals surface area contributed by atoms with Gasteiger partial charge in [-0.15, -0.1) is 0 Å². The van der Waals surface area contributed by atoms with Crippen LogP contribution >= 0.6 is 0 Å². The molecule has 0 spiro atoms. The summed E-state index contributed by atoms with van der Waals surface area (Å²) in [4.78, 5) is 0. The van der Waals surface area contributed by atoms with Crippen LogP contribution < -0.4 is 10.5 Å². The number of rotatable bonds is 7. The topological polar surface area (TPSA) is 72.2 Å². The Balaban J connectivity index is 2.78. The van der Waals surface area contributed by atoms with Gasteiger partial charge in [-0.3, -0.25) is 4.72 Å². The standard InChI is InChI=1S/C13H22N2O2S/c1-3-5-11-6-8-12(9-7-11)15-18(16,17)13(4-2)10-14/h6-9,13,15H,3-5,10,14H2,1-2H3. The van der Waals surface area contributed by atoms with Gasteiger partial charge in [0, 0.05) is 12.2 Å². The molecule has 0 fully saturated rings. The lowest BCUT2D eigenvalue weighted by Crippen LogP contribution is -2.33. The smallest absolute Gasteiger partial charge is 0.236 e. The number of sulfonamides is 1. The van der Waals surface area contributed by atoms with Crippen LogP contribution in [-0.2, 0) is 16.4 Å². The molecule has 0 saturated heterocycles. The van der Waals surface area contributed by atoms with Gasteiger partial charge in [0.1, 0.15) is 0 Å². The van der Waals surface area contributed by atoms with Crippen molar-refractivity contribution in [1.82, 2.24) is 0 Å². The van der Waals surface area contributed by atoms with Crippen molar-refractivity contribution in [3.63, 3.8) is 0 Å². The second kappa shape index (κ2) is 6.75. The van der Waals surface area contributed by atoms with Crippen LogP contribution in [0.1, 0.15) is 32.3 Å². The highest BCUT2D eigenvalue weighted by Gasteiger charge is 2.21. The van der Waals surface area contributed by atoms with E-state index >= 15 is 0 Å². The molecule has 1 aromatic carbocycles. The predicted molar refractivity (Wildman–Crippen MR) is 76.1 cm³/mol. The summed E-state index contributed by atoms with van der Waals surface area (Å²) in [5, 5.41) is -0.534. The van der Waals surface area contributed by atoms with Crippen LogP contribution in [0, 0.1) is 0 Å². The van der Waals surface area contributed by atoms with Gasteiger partial charge in [0.2, 0.25) is 10.0 Å². The molecule has 1 unspecified atom stereocenters. The summed E-state index contributed by atoms with van der Waals surface area (Å²) in [6, 6.07) is 7.49. The van der Waals surface area contributed by atoms with Gasteiger partial charge in [-0.05, 0) is 30.5 Å². The average molecular weight is 270 g/mol. The third kappa shape index (κ3) is 3.99. The molecule has 102 valence electrons. The van der Waals surface area contributed by atoms with Gasteiger partial charge in [-0.1, -0.05) is 32.4 Å². The first-order chi connectivity index (χ1) is 8.53. The summed E-state index contributed by atoms with van der Waals surface area (Å²) in [5.41, 5.74) is 7.28. The lowest BCUT2D eigenvalue weighted by atomic mass is 10.1. The van der Waals surface area contributed by atoms with E-state index in [1.807, 2.05) is 19.1 Å². The average Bonchev–Trinajstić information content (AvgIpc) is 2.33. The Morgan fingerprint density at radius 2 is 1.83 bits per heavy atom. The maximum Gasteiger partial charge on any atom is 0.236 e. The lowest BCUT2D eigenvalue weighted by molar-refractivity contribution is 0.581. The molecular formula is C13H22N2O2S. The first-order valence-corrected chi connectivity index (χ1v) is 7.88. The lowest BCUT2D eigenvalue weighted by Gasteiger charge is -2.15. The molecular weight excluding hydrogens is 248 g/mol. The summed E-state index contributed by atoms with van der Waals surface area (Å²) in [5.74, 6) is 0. The zero-order valence-corrected chi connectivity index (χ0v) is 11.8. The van der Waals surface area contributed by atoms with Crippen molar-refractivity contribution in [3.8, 4) is 0 Å². The number of benzene rings is 1. The molecule has 0 aromatic heterocycles. The van der Waals surface area contributed by atoms with E-state index in [0.717, 1.165) is 12.8 Å². The number of hydrogen-bond donors (Lipinski definition) is 2. The second-order valence-corrected chi connectivity index (χ2v) is 6.32. The Morgan fingerprint density at radius 1 is 1.22 bits per heavy atom. The normalized spacial score (nSPS) is 13.3. The maximum absolute atomic E-state index is 12.0. The summed E-state index contributed by atoms with van der Waals surface area (Å²) in [6.45, 7) is 4.07. The van der Waals surface area contributed by atoms with Crippen molar-refractivity contribution in [1.29, 1.82) is 0 Å². The molecule has 0 radical (unpaired) electrons. The van der Waals surface area contributed by atoms with Gasteiger partial charge in [-0.25, -0.2) is 8.42 Å². The SMILES string of the molecule is CCCc1ccc(NS(=O)(=O)C(CC)CN)cc1. The Kier molecular flexibility index (Phi) is 5.62. The highest BCUT2D eigenvalue weighted by molar-refractivity contribution is 7.93. The fourth-order valence-corrected chi connectivity index (χ4v) is 3.11. The minimum Gasteiger partial charge on any atom is -0.329 e. The van der Waals surface area contributed by atoms with Crippen molar-refractivity contribution in [3.05, 3.63) is 29.8 Å². The first kappa shape index (κ1) is 15.0. The van der Waals surface area contributed by atoms with E-state index in [-0.39, 0.29) is 6.54 Å². The van der Waals surface area contributed by atoms with Gasteiger partial charge in [0.15, 0.2) is 0 Å². The maximum atomic E-state index is 12.0. The molecule has 0 aliphatic carbocycles. The monoisotopic (exact) mass is 270 g/mol. The van der Waals surface area contributed by atoms with Crippen molar-refractivity contribution in [2.75, 3.05) is 11.3 Å². The van der Waals surface area contributed by atoms with E-state index in [1.165, 1.54) is 5.56 Å². The van der Waals surface area contributed by atoms with E-state index in [4.69, 9.17) is 5.73 Å². The predicted octanol–water partition coefficient (Wildman–Crippen LogP) is 2.12. The van der Waals surface area contributed by atoms with Crippen LogP contribution in [0.5, 0.6) is 0 Å². The highest BCUT2D eigenvalue weighted by Crippen LogP contribution is 2.15. The Morgan fingerprint density at radius 3 is 2.28 bits per heavy atom. The molecule has 0 heterocycles. The molecule has 0 aliphatic heterocycles. The van der Waals surface area contributed by atoms with E-state index in [2.05, 4.69) is 11.6 Å². The third-order valence-electron chi connectivity index (χ3n) is 2.91. The summed E-state index contributed by atoms with van der Waals surface area (Å²) >= 11 is 0. The number of anilines is 1. The van der Waals surface area contributed by atoms with Crippen molar-refractivity contribution in [2.45, 2.75) is 38.4 Å². The second-order valence-electron chi connectivity index (χ2n) is 4.36. The van der Waals surface area contributed by atoms with Crippen LogP contribution in [0.2, 0.25) is 0 Å². The Hall–Kier alpha value is -1.07. The van der Waals surface area contributed by atoms with Crippen LogP contribution in [0.15, 0.2) is 24.3 Å². The molecule has 0 bridgehead atoms. The van der Waals surface area contributed by atoms with Crippen LogP contribution in [0.25, 0.3) is 0 Å². The quantitative estimate of drug-likeness (QED) is 0.797. The Labute approximate surface area is 110 Å². The van der Waals surface area contributed by atoms with Gasteiger partial charge in [0.25, 0.3) is 0 Å². The molecule has 4 nitrogen and oxygen atoms in total. The number of aryl methyl sites for hydroxylation is 1. The van der Waals surface area contributed by atoms with E-state index in [0.29, 0.717) is 12.1 Å². The molecule has 0 saturated carbocycles. The zero-order valence-electron chi connectivity index (χ0n) is 11.0. The fraction of sp³-hybridized carbons (Fsp3) is 0.538. The van der Waals surface area contributed by atoms with E-state index in [9.17, 15) is 8.42 Å². The van der Waals surface area contributed by atoms with Crippen molar-refractivity contribution < 1.29 is 8.42 Å². The van der Waals surface area contributed by atoms with Crippen LogP contribution in [0.3, 0.4) is 0 Å². The largest absolute Gasteiger partial charge is 0.329 e. The first-order valence-electron chi connectivity index (χ1n) is 6.34. The van der Waals surface area contributed by atoms with Crippen molar-refractivity contribution >= 4 is 15.7 Å². The van der Waals surface area contributed by atoms with Crippen LogP contribution in [0.4, 0.5) is 5.69 Å². The molecule has 1 rings (SSSR count). The molecule has 18 heavy (non-hydrogen) atoms. The third-order valence-corrected chi connectivity index (χ3v) is 4.83. The van der Waals surface area contributed by atoms with Crippen LogP contribution in [-0.4, -0.2) is 20.2 Å². The minimum atomic E-state index is -3.38. The van der Waals surface area contributed by atoms with E-state index < -0.39 is 15.3 Å². The molecule has 3 N–H and O–H groups in total. The van der Waals surface area contributed by atoms with Gasteiger partial charge in [-0.2, -0.15) is 0 Å². The molecule has 5 heteroatoms. The summed E-state index contributed by atoms with van der Waals surface area (Å²) < 4.78 is 26.5. The van der Waals surface area contributed by atoms with Gasteiger partial charge < -0.3 is 5.73 Å². The molecule has 1 aromatic rings. The van der Waals surface area contributed by atoms with Gasteiger partial charge in [0.05, 0.1) is 5.25 Å². The molecule has 0 amide bonds. The van der Waals surface area contributed by atoms with Crippen molar-refractivity contribution in [2.24, 2.45) is 5.73 Å². The highest BCUT2D eigenvalue weighted by atomic mass is 32.2. The fourth-order valence-electron chi connectivity index (χ4n) is 1.79.